The van der Waals surface area contributed by atoms with Gasteiger partial charge >= 0.3 is 27.3 Å². The third-order valence-corrected chi connectivity index (χ3v) is 9.80. The number of likely N-dealkylation sites (tertiary alicyclic amines) is 1. The maximum Gasteiger partial charge on any atom is 0.473 e. The van der Waals surface area contributed by atoms with Crippen LogP contribution in [0.4, 0.5) is 5.69 Å². The summed E-state index contributed by atoms with van der Waals surface area (Å²) in [5, 5.41) is 10.2. The van der Waals surface area contributed by atoms with E-state index in [-0.39, 0.29) is 58.4 Å². The minimum absolute atomic E-state index is 0.0464. The topological polar surface area (TPSA) is 264 Å². The van der Waals surface area contributed by atoms with Crippen molar-refractivity contribution in [2.24, 2.45) is 0 Å². The molecule has 1 aromatic carbocycles. The van der Waals surface area contributed by atoms with Crippen LogP contribution in [0.15, 0.2) is 18.2 Å². The second-order valence-corrected chi connectivity index (χ2v) is 16.0. The Hall–Kier alpha value is -2.40. The zero-order valence-electron chi connectivity index (χ0n) is 30.4. The first-order chi connectivity index (χ1) is 25.4. The first-order valence-corrected chi connectivity index (χ1v) is 20.5. The largest absolute Gasteiger partial charge is 0.473 e. The highest BCUT2D eigenvalue weighted by Gasteiger charge is 2.41. The number of phosphoric ester groups is 2. The number of nitro groups is 1. The van der Waals surface area contributed by atoms with E-state index in [1.807, 2.05) is 0 Å². The van der Waals surface area contributed by atoms with Crippen molar-refractivity contribution in [1.82, 2.24) is 4.90 Å². The molecule has 21 nitrogen and oxygen atoms in total. The summed E-state index contributed by atoms with van der Waals surface area (Å²) in [7, 11) is -8.65. The minimum atomic E-state index is -4.51. The van der Waals surface area contributed by atoms with Gasteiger partial charge in [0.1, 0.15) is 12.5 Å². The lowest BCUT2D eigenvalue weighted by atomic mass is 10.2. The Morgan fingerprint density at radius 3 is 1.81 bits per heavy atom. The minimum Gasteiger partial charge on any atom is -0.418 e. The van der Waals surface area contributed by atoms with Crippen LogP contribution in [0.3, 0.4) is 0 Å². The third-order valence-electron chi connectivity index (χ3n) is 6.35. The number of esters is 1. The molecule has 0 saturated carbocycles. The van der Waals surface area contributed by atoms with Gasteiger partial charge in [0.2, 0.25) is 17.6 Å². The molecule has 1 aromatic rings. The highest BCUT2D eigenvalue weighted by molar-refractivity contribution is 8.00. The fraction of sp³-hybridized carbons (Fsp3) is 0.700. The van der Waals surface area contributed by atoms with E-state index < -0.39 is 67.4 Å². The Balaban J connectivity index is 1.44. The molecule has 2 amide bonds. The van der Waals surface area contributed by atoms with E-state index in [0.717, 1.165) is 11.8 Å². The van der Waals surface area contributed by atoms with Gasteiger partial charge in [-0.2, -0.15) is 0 Å². The maximum absolute atomic E-state index is 12.7. The van der Waals surface area contributed by atoms with Gasteiger partial charge in [-0.05, 0) is 39.3 Å². The summed E-state index contributed by atoms with van der Waals surface area (Å²) in [6.07, 6.45) is -0.304. The molecule has 24 heteroatoms. The van der Waals surface area contributed by atoms with Crippen molar-refractivity contribution in [2.45, 2.75) is 45.0 Å². The van der Waals surface area contributed by atoms with Gasteiger partial charge in [-0.1, -0.05) is 6.07 Å². The molecule has 54 heavy (non-hydrogen) atoms. The van der Waals surface area contributed by atoms with Gasteiger partial charge in [-0.25, -0.2) is 13.9 Å². The number of benzene rings is 1. The van der Waals surface area contributed by atoms with Crippen LogP contribution in [0.2, 0.25) is 0 Å². The average molecular weight is 835 g/mol. The van der Waals surface area contributed by atoms with Crippen molar-refractivity contribution < 1.29 is 84.7 Å². The second kappa shape index (κ2) is 24.3. The first-order valence-electron chi connectivity index (χ1n) is 16.5. The number of aryl methyl sites for hydroxylation is 1. The van der Waals surface area contributed by atoms with Gasteiger partial charge in [-0.3, -0.25) is 42.7 Å². The van der Waals surface area contributed by atoms with Gasteiger partial charge in [0.15, 0.2) is 0 Å². The molecule has 3 unspecified atom stereocenters. The number of carbonyl (C=O) groups is 3. The van der Waals surface area contributed by atoms with Crippen LogP contribution in [0.1, 0.15) is 32.8 Å². The van der Waals surface area contributed by atoms with Crippen LogP contribution in [-0.2, 0) is 65.3 Å². The molecule has 1 heterocycles. The van der Waals surface area contributed by atoms with Gasteiger partial charge in [0.25, 0.3) is 0 Å². The van der Waals surface area contributed by atoms with Crippen LogP contribution >= 0.6 is 27.4 Å². The Kier molecular flexibility index (Phi) is 21.5. The molecule has 0 radical (unpaired) electrons. The molecular weight excluding hydrogens is 786 g/mol. The molecule has 1 saturated heterocycles. The Labute approximate surface area is 316 Å². The van der Waals surface area contributed by atoms with Crippen molar-refractivity contribution in [1.29, 1.82) is 0 Å². The number of amides is 2. The van der Waals surface area contributed by atoms with Crippen molar-refractivity contribution in [2.75, 3.05) is 91.8 Å². The molecule has 3 atom stereocenters. The predicted octanol–water partition coefficient (Wildman–Crippen LogP) is 2.78. The van der Waals surface area contributed by atoms with Gasteiger partial charge < -0.3 is 38.2 Å². The van der Waals surface area contributed by atoms with Crippen LogP contribution in [0.5, 0.6) is 5.75 Å². The van der Waals surface area contributed by atoms with E-state index in [4.69, 9.17) is 46.5 Å². The van der Waals surface area contributed by atoms with E-state index >= 15 is 0 Å². The summed E-state index contributed by atoms with van der Waals surface area (Å²) in [5.41, 5.74) is -0.700. The zero-order chi connectivity index (χ0) is 40.2. The lowest BCUT2D eigenvalue weighted by molar-refractivity contribution is -0.385. The lowest BCUT2D eigenvalue weighted by Crippen LogP contribution is -2.37. The predicted molar refractivity (Wildman–Crippen MR) is 189 cm³/mol. The van der Waals surface area contributed by atoms with Crippen LogP contribution in [0, 0.1) is 17.0 Å². The summed E-state index contributed by atoms with van der Waals surface area (Å²) in [5.74, 6) is -3.32. The Morgan fingerprint density at radius 2 is 1.33 bits per heavy atom. The maximum atomic E-state index is 12.7. The normalized spacial score (nSPS) is 17.1. The zero-order valence-corrected chi connectivity index (χ0v) is 33.1. The van der Waals surface area contributed by atoms with E-state index in [0.29, 0.717) is 43.5 Å². The molecule has 0 spiro atoms. The fourth-order valence-electron chi connectivity index (χ4n) is 4.08. The quantitative estimate of drug-likeness (QED) is 0.0172. The first kappa shape index (κ1) is 47.8. The summed E-state index contributed by atoms with van der Waals surface area (Å²) in [4.78, 5) is 68.0. The van der Waals surface area contributed by atoms with Crippen molar-refractivity contribution in [3.05, 3.63) is 33.9 Å². The van der Waals surface area contributed by atoms with Crippen LogP contribution in [-0.4, -0.2) is 140 Å². The number of nitrogens with zero attached hydrogens (tertiary/aromatic N) is 2. The second-order valence-electron chi connectivity index (χ2n) is 12.0. The summed E-state index contributed by atoms with van der Waals surface area (Å²) in [6, 6.07) is 3.95. The van der Waals surface area contributed by atoms with E-state index in [1.54, 1.807) is 27.7 Å². The monoisotopic (exact) mass is 834 g/mol. The third kappa shape index (κ3) is 20.5. The number of ether oxygens (including phenoxy) is 6. The number of thioether (sulfide) groups is 1. The SMILES string of the molecule is Cc1ccc(OC(=O)CN2C(=O)CC(SCOP(=O)(O)OCCOCCOCCOCCOCCOCCOP(=O)(O)OC(C)(C)C)C2=O)c([N+](=O)[O-])c1. The van der Waals surface area contributed by atoms with Gasteiger partial charge in [0, 0.05) is 12.5 Å². The summed E-state index contributed by atoms with van der Waals surface area (Å²) in [6.45, 7) is 7.64. The number of hydrogen-bond donors (Lipinski definition) is 2. The Morgan fingerprint density at radius 1 is 0.852 bits per heavy atom. The molecule has 0 bridgehead atoms. The number of hydrogen-bond acceptors (Lipinski definition) is 18. The smallest absolute Gasteiger partial charge is 0.418 e. The number of imide groups is 1. The van der Waals surface area contributed by atoms with Gasteiger partial charge in [0.05, 0.1) is 95.1 Å². The van der Waals surface area contributed by atoms with Crippen molar-refractivity contribution in [3.63, 3.8) is 0 Å². The number of phosphoric acid groups is 2. The number of carbonyl (C=O) groups excluding carboxylic acids is 3. The van der Waals surface area contributed by atoms with E-state index in [2.05, 4.69) is 0 Å². The average Bonchev–Trinajstić information content (AvgIpc) is 3.32. The highest BCUT2D eigenvalue weighted by atomic mass is 32.2. The van der Waals surface area contributed by atoms with Crippen molar-refractivity contribution in [3.8, 4) is 5.75 Å². The molecule has 1 aliphatic heterocycles. The molecular formula is C30H48N2O19P2S. The Bertz CT molecular complexity index is 1460. The molecule has 0 aliphatic carbocycles. The fourth-order valence-corrected chi connectivity index (χ4v) is 6.98. The standard InChI is InChI=1S/C30H48N2O19P2S/c1-23-5-6-25(24(19-23)32(36)37)50-28(34)21-31-27(33)20-26(29(31)35)54-22-49-52(38,39)47-17-15-45-13-11-43-9-7-42-8-10-44-12-14-46-16-18-48-53(40,41)51-30(2,3)4/h5-6,19,26H,7-18,20-22H2,1-4H3,(H,38,39)(H,40,41). The number of nitro benzene ring substituents is 1. The molecule has 2 N–H and O–H groups in total. The molecule has 1 fully saturated rings. The molecule has 308 valence electrons. The van der Waals surface area contributed by atoms with Gasteiger partial charge in [-0.15, -0.1) is 11.8 Å². The van der Waals surface area contributed by atoms with Crippen LogP contribution in [0.25, 0.3) is 0 Å². The van der Waals surface area contributed by atoms with Crippen LogP contribution < -0.4 is 4.74 Å². The summed E-state index contributed by atoms with van der Waals surface area (Å²) < 4.78 is 74.9. The molecule has 0 aromatic heterocycles. The number of rotatable bonds is 29. The highest BCUT2D eigenvalue weighted by Crippen LogP contribution is 2.47. The lowest BCUT2D eigenvalue weighted by Gasteiger charge is -2.22. The molecule has 1 aliphatic rings. The van der Waals surface area contributed by atoms with Crippen molar-refractivity contribution >= 4 is 50.9 Å². The molecule has 2 rings (SSSR count). The summed E-state index contributed by atoms with van der Waals surface area (Å²) >= 11 is 0.755. The van der Waals surface area contributed by atoms with E-state index in [9.17, 15) is 43.4 Å². The van der Waals surface area contributed by atoms with E-state index in [1.165, 1.54) is 18.2 Å².